The minimum absolute atomic E-state index is 0.443. The molecule has 1 N–H and O–H groups in total. The van der Waals surface area contributed by atoms with Crippen LogP contribution in [0.3, 0.4) is 0 Å². The van der Waals surface area contributed by atoms with Gasteiger partial charge in [-0.25, -0.2) is 9.97 Å². The van der Waals surface area contributed by atoms with E-state index in [1.54, 1.807) is 6.07 Å². The van der Waals surface area contributed by atoms with E-state index < -0.39 is 0 Å². The third-order valence-electron chi connectivity index (χ3n) is 3.16. The lowest BCUT2D eigenvalue weighted by Gasteiger charge is -2.01. The summed E-state index contributed by atoms with van der Waals surface area (Å²) in [6.45, 7) is 0. The SMILES string of the molecule is Clc1ccc2nc3[nH]c4ccccc4c3nc2c1Cl. The second-order valence-corrected chi connectivity index (χ2v) is 5.11. The highest BCUT2D eigenvalue weighted by atomic mass is 35.5. The number of fused-ring (bicyclic) bond motifs is 4. The van der Waals surface area contributed by atoms with Crippen molar-refractivity contribution in [2.45, 2.75) is 0 Å². The second-order valence-electron chi connectivity index (χ2n) is 4.32. The molecule has 0 aliphatic rings. The van der Waals surface area contributed by atoms with Crippen LogP contribution in [0.25, 0.3) is 33.1 Å². The molecule has 0 spiro atoms. The number of rotatable bonds is 0. The number of benzene rings is 2. The molecule has 0 unspecified atom stereocenters. The monoisotopic (exact) mass is 287 g/mol. The van der Waals surface area contributed by atoms with Crippen LogP contribution in [-0.2, 0) is 0 Å². The van der Waals surface area contributed by atoms with Gasteiger partial charge in [0.25, 0.3) is 0 Å². The lowest BCUT2D eigenvalue weighted by Crippen LogP contribution is -1.87. The van der Waals surface area contributed by atoms with Crippen LogP contribution in [0.2, 0.25) is 10.0 Å². The van der Waals surface area contributed by atoms with Crippen molar-refractivity contribution in [3.63, 3.8) is 0 Å². The van der Waals surface area contributed by atoms with Gasteiger partial charge in [-0.15, -0.1) is 0 Å². The number of halogens is 2. The number of nitrogens with zero attached hydrogens (tertiary/aromatic N) is 2. The van der Waals surface area contributed by atoms with Crippen LogP contribution in [0.5, 0.6) is 0 Å². The van der Waals surface area contributed by atoms with Gasteiger partial charge in [0.2, 0.25) is 0 Å². The Hall–Kier alpha value is -1.84. The van der Waals surface area contributed by atoms with E-state index in [4.69, 9.17) is 23.2 Å². The summed E-state index contributed by atoms with van der Waals surface area (Å²) in [5.74, 6) is 0. The Morgan fingerprint density at radius 2 is 1.74 bits per heavy atom. The lowest BCUT2D eigenvalue weighted by molar-refractivity contribution is 1.36. The molecule has 92 valence electrons. The molecular weight excluding hydrogens is 281 g/mol. The number of hydrogen-bond donors (Lipinski definition) is 1. The summed E-state index contributed by atoms with van der Waals surface area (Å²) >= 11 is 12.2. The number of nitrogens with one attached hydrogen (secondary N) is 1. The smallest absolute Gasteiger partial charge is 0.157 e. The van der Waals surface area contributed by atoms with Crippen LogP contribution in [0.4, 0.5) is 0 Å². The molecule has 0 radical (unpaired) electrons. The van der Waals surface area contributed by atoms with Gasteiger partial charge in [0.15, 0.2) is 5.65 Å². The maximum absolute atomic E-state index is 6.20. The molecule has 0 fully saturated rings. The van der Waals surface area contributed by atoms with E-state index in [2.05, 4.69) is 15.0 Å². The number of hydrogen-bond acceptors (Lipinski definition) is 2. The average molecular weight is 288 g/mol. The van der Waals surface area contributed by atoms with Gasteiger partial charge in [-0.05, 0) is 18.2 Å². The molecule has 3 nitrogen and oxygen atoms in total. The first-order valence-electron chi connectivity index (χ1n) is 5.76. The minimum atomic E-state index is 0.443. The molecule has 4 aromatic rings. The summed E-state index contributed by atoms with van der Waals surface area (Å²) in [5.41, 5.74) is 3.94. The van der Waals surface area contributed by atoms with Gasteiger partial charge in [-0.3, -0.25) is 0 Å². The van der Waals surface area contributed by atoms with Crippen molar-refractivity contribution in [2.24, 2.45) is 0 Å². The predicted octanol–water partition coefficient (Wildman–Crippen LogP) is 4.57. The van der Waals surface area contributed by atoms with E-state index in [0.717, 1.165) is 27.6 Å². The Bertz CT molecular complexity index is 944. The number of aromatic amines is 1. The Morgan fingerprint density at radius 3 is 2.63 bits per heavy atom. The van der Waals surface area contributed by atoms with Crippen molar-refractivity contribution in [3.05, 3.63) is 46.4 Å². The van der Waals surface area contributed by atoms with Gasteiger partial charge >= 0.3 is 0 Å². The number of aromatic nitrogens is 3. The largest absolute Gasteiger partial charge is 0.338 e. The van der Waals surface area contributed by atoms with Crippen molar-refractivity contribution in [2.75, 3.05) is 0 Å². The van der Waals surface area contributed by atoms with Crippen molar-refractivity contribution in [1.82, 2.24) is 15.0 Å². The summed E-state index contributed by atoms with van der Waals surface area (Å²) < 4.78 is 0. The van der Waals surface area contributed by atoms with Crippen molar-refractivity contribution in [3.8, 4) is 0 Å². The van der Waals surface area contributed by atoms with Gasteiger partial charge in [0.1, 0.15) is 11.0 Å². The first-order valence-corrected chi connectivity index (χ1v) is 6.52. The van der Waals surface area contributed by atoms with Crippen LogP contribution in [0.1, 0.15) is 0 Å². The Labute approximate surface area is 118 Å². The lowest BCUT2D eigenvalue weighted by atomic mass is 10.2. The number of para-hydroxylation sites is 1. The number of H-pyrrole nitrogens is 1. The first-order chi connectivity index (χ1) is 9.24. The maximum atomic E-state index is 6.20. The van der Waals surface area contributed by atoms with E-state index in [1.807, 2.05) is 30.3 Å². The van der Waals surface area contributed by atoms with E-state index in [0.29, 0.717) is 15.6 Å². The van der Waals surface area contributed by atoms with Crippen molar-refractivity contribution < 1.29 is 0 Å². The fourth-order valence-corrected chi connectivity index (χ4v) is 2.62. The summed E-state index contributed by atoms with van der Waals surface area (Å²) in [7, 11) is 0. The second kappa shape index (κ2) is 3.83. The minimum Gasteiger partial charge on any atom is -0.338 e. The Balaban J connectivity index is 2.26. The summed E-state index contributed by atoms with van der Waals surface area (Å²) in [5, 5.41) is 1.96. The van der Waals surface area contributed by atoms with Crippen LogP contribution < -0.4 is 0 Å². The molecule has 0 saturated carbocycles. The molecule has 0 saturated heterocycles. The zero-order valence-electron chi connectivity index (χ0n) is 9.61. The third kappa shape index (κ3) is 1.52. The van der Waals surface area contributed by atoms with E-state index >= 15 is 0 Å². The molecule has 2 aromatic heterocycles. The standard InChI is InChI=1S/C14H7Cl2N3/c15-8-5-6-10-13(11(8)16)19-12-7-3-1-2-4-9(7)17-14(12)18-10/h1-6H,(H,17,18). The Kier molecular flexibility index (Phi) is 2.22. The molecule has 19 heavy (non-hydrogen) atoms. The highest BCUT2D eigenvalue weighted by Crippen LogP contribution is 2.31. The fraction of sp³-hybridized carbons (Fsp3) is 0. The van der Waals surface area contributed by atoms with E-state index in [-0.39, 0.29) is 0 Å². The van der Waals surface area contributed by atoms with Gasteiger partial charge in [-0.1, -0.05) is 41.4 Å². The first kappa shape index (κ1) is 11.0. The zero-order chi connectivity index (χ0) is 13.0. The quantitative estimate of drug-likeness (QED) is 0.515. The topological polar surface area (TPSA) is 41.6 Å². The molecular formula is C14H7Cl2N3. The van der Waals surface area contributed by atoms with Gasteiger partial charge < -0.3 is 4.98 Å². The zero-order valence-corrected chi connectivity index (χ0v) is 11.1. The normalized spacial score (nSPS) is 11.7. The summed E-state index contributed by atoms with van der Waals surface area (Å²) in [4.78, 5) is 12.4. The van der Waals surface area contributed by atoms with Crippen molar-refractivity contribution >= 4 is 56.3 Å². The molecule has 2 heterocycles. The highest BCUT2D eigenvalue weighted by Gasteiger charge is 2.11. The molecule has 0 aliphatic heterocycles. The summed E-state index contributed by atoms with van der Waals surface area (Å²) in [6, 6.07) is 11.5. The van der Waals surface area contributed by atoms with Crippen LogP contribution in [0.15, 0.2) is 36.4 Å². The average Bonchev–Trinajstić information content (AvgIpc) is 2.79. The molecule has 5 heteroatoms. The maximum Gasteiger partial charge on any atom is 0.157 e. The molecule has 0 aliphatic carbocycles. The molecule has 0 atom stereocenters. The van der Waals surface area contributed by atoms with Crippen LogP contribution in [0, 0.1) is 0 Å². The van der Waals surface area contributed by atoms with Gasteiger partial charge in [-0.2, -0.15) is 0 Å². The Morgan fingerprint density at radius 1 is 0.895 bits per heavy atom. The van der Waals surface area contributed by atoms with Crippen molar-refractivity contribution in [1.29, 1.82) is 0 Å². The summed E-state index contributed by atoms with van der Waals surface area (Å²) in [6.07, 6.45) is 0. The third-order valence-corrected chi connectivity index (χ3v) is 3.96. The molecule has 4 rings (SSSR count). The van der Waals surface area contributed by atoms with Crippen LogP contribution >= 0.6 is 23.2 Å². The van der Waals surface area contributed by atoms with E-state index in [1.165, 1.54) is 0 Å². The fourth-order valence-electron chi connectivity index (χ4n) is 2.27. The van der Waals surface area contributed by atoms with Gasteiger partial charge in [0, 0.05) is 10.9 Å². The molecule has 0 amide bonds. The highest BCUT2D eigenvalue weighted by molar-refractivity contribution is 6.45. The van der Waals surface area contributed by atoms with Gasteiger partial charge in [0.05, 0.1) is 15.6 Å². The molecule has 0 bridgehead atoms. The van der Waals surface area contributed by atoms with Crippen LogP contribution in [-0.4, -0.2) is 15.0 Å². The molecule has 2 aromatic carbocycles. The van der Waals surface area contributed by atoms with E-state index in [9.17, 15) is 0 Å². The predicted molar refractivity (Wildman–Crippen MR) is 78.9 cm³/mol.